The zero-order valence-electron chi connectivity index (χ0n) is 14.5. The number of benzene rings is 1. The molecule has 0 aliphatic heterocycles. The Kier molecular flexibility index (Phi) is 6.23. The van der Waals surface area contributed by atoms with Crippen LogP contribution in [-0.2, 0) is 6.61 Å². The Morgan fingerprint density at radius 3 is 2.59 bits per heavy atom. The molecule has 2 N–H and O–H groups in total. The van der Waals surface area contributed by atoms with E-state index in [-0.39, 0.29) is 17.4 Å². The van der Waals surface area contributed by atoms with Gasteiger partial charge in [0.15, 0.2) is 17.4 Å². The van der Waals surface area contributed by atoms with Gasteiger partial charge in [-0.1, -0.05) is 41.5 Å². The standard InChI is InChI=1S/C20H17ClN2O2S2/c1-13-4-6-15(7-5-13)22-20(26)18(19(25)16-8-9-17(21)27-16)23-10-2-3-14(11-23)12-24/h2-11,24H,12H2,1H3,(H-,22,25,26). The van der Waals surface area contributed by atoms with Gasteiger partial charge in [0.2, 0.25) is 5.70 Å². The summed E-state index contributed by atoms with van der Waals surface area (Å²) in [6, 6.07) is 14.6. The summed E-state index contributed by atoms with van der Waals surface area (Å²) < 4.78 is 2.16. The highest BCUT2D eigenvalue weighted by Gasteiger charge is 2.20. The van der Waals surface area contributed by atoms with Gasteiger partial charge in [-0.05, 0) is 43.0 Å². The number of hydrogen-bond donors (Lipinski definition) is 2. The molecule has 0 bridgehead atoms. The van der Waals surface area contributed by atoms with Crippen LogP contribution in [0.5, 0.6) is 0 Å². The molecule has 0 saturated heterocycles. The van der Waals surface area contributed by atoms with Crippen LogP contribution in [-0.4, -0.2) is 10.1 Å². The van der Waals surface area contributed by atoms with E-state index in [0.717, 1.165) is 11.3 Å². The predicted octanol–water partition coefficient (Wildman–Crippen LogP) is 3.62. The number of anilines is 1. The van der Waals surface area contributed by atoms with E-state index in [1.807, 2.05) is 31.2 Å². The molecule has 1 aromatic carbocycles. The van der Waals surface area contributed by atoms with E-state index in [4.69, 9.17) is 23.8 Å². The summed E-state index contributed by atoms with van der Waals surface area (Å²) in [5.74, 6) is -0.239. The van der Waals surface area contributed by atoms with Crippen LogP contribution < -0.4 is 15.0 Å². The normalized spacial score (nSPS) is 11.8. The lowest BCUT2D eigenvalue weighted by Gasteiger charge is -2.16. The number of aromatic nitrogens is 1. The van der Waals surface area contributed by atoms with Gasteiger partial charge in [-0.2, -0.15) is 4.57 Å². The second-order valence-corrected chi connectivity index (χ2v) is 8.00. The van der Waals surface area contributed by atoms with Crippen LogP contribution in [0.1, 0.15) is 16.0 Å². The summed E-state index contributed by atoms with van der Waals surface area (Å²) in [4.78, 5) is 0.776. The first-order valence-electron chi connectivity index (χ1n) is 8.14. The van der Waals surface area contributed by atoms with Crippen LogP contribution in [0.15, 0.2) is 60.9 Å². The fourth-order valence-electron chi connectivity index (χ4n) is 2.47. The maximum Gasteiger partial charge on any atom is 0.239 e. The molecule has 0 unspecified atom stereocenters. The number of nitrogens with one attached hydrogen (secondary N) is 1. The van der Waals surface area contributed by atoms with Crippen molar-refractivity contribution in [2.24, 2.45) is 0 Å². The molecular formula is C20H17ClN2O2S2. The van der Waals surface area contributed by atoms with Crippen molar-refractivity contribution >= 4 is 57.3 Å². The van der Waals surface area contributed by atoms with Crippen LogP contribution in [0.3, 0.4) is 0 Å². The van der Waals surface area contributed by atoms with Crippen LogP contribution in [0.2, 0.25) is 4.34 Å². The average molecular weight is 417 g/mol. The molecule has 0 spiro atoms. The lowest BCUT2D eigenvalue weighted by Crippen LogP contribution is -2.40. The number of rotatable bonds is 5. The minimum absolute atomic E-state index is 0.134. The fraction of sp³-hybridized carbons (Fsp3) is 0.100. The van der Waals surface area contributed by atoms with Crippen LogP contribution in [0, 0.1) is 6.92 Å². The van der Waals surface area contributed by atoms with E-state index in [2.05, 4.69) is 5.32 Å². The van der Waals surface area contributed by atoms with E-state index < -0.39 is 0 Å². The Hall–Kier alpha value is -2.25. The number of aliphatic hydroxyl groups excluding tert-OH is 1. The third kappa shape index (κ3) is 4.73. The average Bonchev–Trinajstić information content (AvgIpc) is 3.10. The monoisotopic (exact) mass is 416 g/mol. The number of nitrogens with zero attached hydrogens (tertiary/aromatic N) is 1. The second kappa shape index (κ2) is 8.63. The van der Waals surface area contributed by atoms with Crippen molar-refractivity contribution in [3.8, 4) is 0 Å². The lowest BCUT2D eigenvalue weighted by molar-refractivity contribution is -0.578. The molecule has 138 valence electrons. The van der Waals surface area contributed by atoms with E-state index in [0.29, 0.717) is 20.5 Å². The number of thiocarbonyl (C=S) groups is 1. The van der Waals surface area contributed by atoms with Crippen LogP contribution >= 0.6 is 35.2 Å². The van der Waals surface area contributed by atoms with Crippen LogP contribution in [0.25, 0.3) is 11.5 Å². The minimum atomic E-state index is -0.239. The molecule has 0 aliphatic carbocycles. The Morgan fingerprint density at radius 2 is 1.96 bits per heavy atom. The predicted molar refractivity (Wildman–Crippen MR) is 112 cm³/mol. The molecule has 4 nitrogen and oxygen atoms in total. The van der Waals surface area contributed by atoms with Crippen molar-refractivity contribution in [2.45, 2.75) is 13.5 Å². The SMILES string of the molecule is Cc1ccc(NC(=S)/C(=C(\[O-])c2ccc(Cl)s2)[n+]2cccc(CO)c2)cc1. The van der Waals surface area contributed by atoms with Gasteiger partial charge in [0, 0.05) is 22.2 Å². The number of hydrogen-bond acceptors (Lipinski definition) is 4. The Bertz CT molecular complexity index is 997. The molecule has 0 atom stereocenters. The number of pyridine rings is 1. The Balaban J connectivity index is 2.06. The molecule has 2 heterocycles. The third-order valence-electron chi connectivity index (χ3n) is 3.84. The number of aliphatic hydroxyl groups is 1. The van der Waals surface area contributed by atoms with Crippen molar-refractivity contribution < 1.29 is 14.8 Å². The van der Waals surface area contributed by atoms with E-state index in [1.165, 1.54) is 11.3 Å². The highest BCUT2D eigenvalue weighted by molar-refractivity contribution is 7.81. The summed E-state index contributed by atoms with van der Waals surface area (Å²) in [5.41, 5.74) is 2.88. The van der Waals surface area contributed by atoms with Gasteiger partial charge in [0.05, 0.1) is 10.9 Å². The molecule has 3 aromatic rings. The minimum Gasteiger partial charge on any atom is -0.867 e. The topological polar surface area (TPSA) is 59.2 Å². The quantitative estimate of drug-likeness (QED) is 0.288. The van der Waals surface area contributed by atoms with E-state index in [1.54, 1.807) is 41.2 Å². The summed E-state index contributed by atoms with van der Waals surface area (Å²) in [6.45, 7) is 1.87. The van der Waals surface area contributed by atoms with Crippen LogP contribution in [0.4, 0.5) is 5.69 Å². The van der Waals surface area contributed by atoms with Crippen molar-refractivity contribution in [3.05, 3.63) is 81.3 Å². The molecule has 3 rings (SSSR count). The maximum absolute atomic E-state index is 13.1. The summed E-state index contributed by atoms with van der Waals surface area (Å²) in [6.07, 6.45) is 3.41. The van der Waals surface area contributed by atoms with Gasteiger partial charge < -0.3 is 15.5 Å². The van der Waals surface area contributed by atoms with Gasteiger partial charge in [0.25, 0.3) is 0 Å². The Morgan fingerprint density at radius 1 is 1.22 bits per heavy atom. The molecule has 0 fully saturated rings. The van der Waals surface area contributed by atoms with E-state index in [9.17, 15) is 10.2 Å². The van der Waals surface area contributed by atoms with E-state index >= 15 is 0 Å². The third-order valence-corrected chi connectivity index (χ3v) is 5.36. The summed E-state index contributed by atoms with van der Waals surface area (Å²) in [7, 11) is 0. The largest absolute Gasteiger partial charge is 0.867 e. The van der Waals surface area contributed by atoms with Crippen molar-refractivity contribution in [3.63, 3.8) is 0 Å². The van der Waals surface area contributed by atoms with Crippen molar-refractivity contribution in [2.75, 3.05) is 5.32 Å². The summed E-state index contributed by atoms with van der Waals surface area (Å²) >= 11 is 12.7. The zero-order chi connectivity index (χ0) is 19.4. The molecule has 2 aromatic heterocycles. The van der Waals surface area contributed by atoms with Crippen molar-refractivity contribution in [1.29, 1.82) is 0 Å². The number of halogens is 1. The molecule has 27 heavy (non-hydrogen) atoms. The number of aryl methyl sites for hydroxylation is 1. The van der Waals surface area contributed by atoms with Gasteiger partial charge in [-0.15, -0.1) is 11.3 Å². The fourth-order valence-corrected chi connectivity index (χ4v) is 3.77. The molecule has 0 radical (unpaired) electrons. The highest BCUT2D eigenvalue weighted by Crippen LogP contribution is 2.27. The second-order valence-electron chi connectivity index (χ2n) is 5.88. The van der Waals surface area contributed by atoms with Gasteiger partial charge in [-0.25, -0.2) is 0 Å². The zero-order valence-corrected chi connectivity index (χ0v) is 16.9. The summed E-state index contributed by atoms with van der Waals surface area (Å²) in [5, 5.41) is 25.7. The van der Waals surface area contributed by atoms with Gasteiger partial charge in [-0.3, -0.25) is 0 Å². The lowest BCUT2D eigenvalue weighted by atomic mass is 10.2. The highest BCUT2D eigenvalue weighted by atomic mass is 35.5. The Labute approximate surface area is 172 Å². The molecule has 0 saturated carbocycles. The van der Waals surface area contributed by atoms with Gasteiger partial charge >= 0.3 is 0 Å². The molecule has 0 amide bonds. The molecule has 7 heteroatoms. The molecule has 0 aliphatic rings. The number of thiophene rings is 1. The first-order chi connectivity index (χ1) is 13.0. The molecular weight excluding hydrogens is 400 g/mol. The van der Waals surface area contributed by atoms with Crippen molar-refractivity contribution in [1.82, 2.24) is 0 Å². The van der Waals surface area contributed by atoms with Gasteiger partial charge in [0.1, 0.15) is 0 Å². The maximum atomic E-state index is 13.1. The first kappa shape index (κ1) is 19.5. The smallest absolute Gasteiger partial charge is 0.239 e. The first-order valence-corrected chi connectivity index (χ1v) is 9.74.